The summed E-state index contributed by atoms with van der Waals surface area (Å²) in [6.45, 7) is 1.35. The molecule has 0 radical (unpaired) electrons. The van der Waals surface area contributed by atoms with Gasteiger partial charge >= 0.3 is 0 Å². The van der Waals surface area contributed by atoms with Crippen LogP contribution in [-0.4, -0.2) is 24.9 Å². The zero-order chi connectivity index (χ0) is 18.4. The van der Waals surface area contributed by atoms with Crippen molar-refractivity contribution in [3.8, 4) is 0 Å². The number of nitrogens with one attached hydrogen (secondary N) is 1. The predicted molar refractivity (Wildman–Crippen MR) is 92.6 cm³/mol. The number of amides is 2. The number of hydrogen-bond donors (Lipinski definition) is 1. The maximum absolute atomic E-state index is 13.3. The van der Waals surface area contributed by atoms with E-state index in [1.807, 2.05) is 12.1 Å². The Labute approximate surface area is 149 Å². The lowest BCUT2D eigenvalue weighted by Gasteiger charge is -2.20. The highest BCUT2D eigenvalue weighted by atomic mass is 35.5. The van der Waals surface area contributed by atoms with E-state index in [0.717, 1.165) is 22.6 Å². The number of carbonyl (C=O) groups excluding carboxylic acids is 2. The number of halogens is 3. The lowest BCUT2D eigenvalue weighted by atomic mass is 10.1. The Balaban J connectivity index is 1.92. The number of rotatable bonds is 6. The number of benzene rings is 2. The Morgan fingerprint density at radius 3 is 2.36 bits per heavy atom. The maximum atomic E-state index is 13.3. The summed E-state index contributed by atoms with van der Waals surface area (Å²) in [6.07, 6.45) is 0.605. The minimum Gasteiger partial charge on any atom is -0.354 e. The van der Waals surface area contributed by atoms with Crippen molar-refractivity contribution in [2.24, 2.45) is 0 Å². The molecule has 2 aromatic carbocycles. The molecule has 0 aliphatic carbocycles. The van der Waals surface area contributed by atoms with E-state index in [1.54, 1.807) is 12.1 Å². The molecule has 0 saturated heterocycles. The van der Waals surface area contributed by atoms with Crippen LogP contribution < -0.4 is 10.2 Å². The van der Waals surface area contributed by atoms with Crippen LogP contribution in [0, 0.1) is 11.6 Å². The molecule has 0 saturated carbocycles. The first-order valence-electron chi connectivity index (χ1n) is 7.61. The molecule has 0 unspecified atom stereocenters. The lowest BCUT2D eigenvalue weighted by molar-refractivity contribution is -0.123. The van der Waals surface area contributed by atoms with Gasteiger partial charge in [0.1, 0.15) is 6.54 Å². The molecule has 25 heavy (non-hydrogen) atoms. The maximum Gasteiger partial charge on any atom is 0.240 e. The third-order valence-electron chi connectivity index (χ3n) is 3.55. The molecule has 4 nitrogen and oxygen atoms in total. The van der Waals surface area contributed by atoms with Crippen molar-refractivity contribution in [2.45, 2.75) is 13.3 Å². The molecule has 0 aliphatic heterocycles. The summed E-state index contributed by atoms with van der Waals surface area (Å²) in [7, 11) is 0. The van der Waals surface area contributed by atoms with Gasteiger partial charge in [-0.2, -0.15) is 0 Å². The van der Waals surface area contributed by atoms with E-state index < -0.39 is 23.4 Å². The summed E-state index contributed by atoms with van der Waals surface area (Å²) >= 11 is 5.80. The normalized spacial score (nSPS) is 10.4. The zero-order valence-electron chi connectivity index (χ0n) is 13.6. The Hall–Kier alpha value is -2.47. The average molecular weight is 367 g/mol. The van der Waals surface area contributed by atoms with Crippen molar-refractivity contribution in [3.63, 3.8) is 0 Å². The second-order valence-electron chi connectivity index (χ2n) is 5.43. The summed E-state index contributed by atoms with van der Waals surface area (Å²) in [5, 5.41) is 3.33. The van der Waals surface area contributed by atoms with Crippen LogP contribution in [0.5, 0.6) is 0 Å². The molecule has 0 atom stereocenters. The lowest BCUT2D eigenvalue weighted by Crippen LogP contribution is -2.40. The van der Waals surface area contributed by atoms with Crippen molar-refractivity contribution >= 4 is 29.1 Å². The largest absolute Gasteiger partial charge is 0.354 e. The van der Waals surface area contributed by atoms with Crippen LogP contribution in [-0.2, 0) is 16.0 Å². The van der Waals surface area contributed by atoms with Gasteiger partial charge < -0.3 is 10.2 Å². The fourth-order valence-electron chi connectivity index (χ4n) is 2.23. The summed E-state index contributed by atoms with van der Waals surface area (Å²) < 4.78 is 26.3. The van der Waals surface area contributed by atoms with E-state index in [0.29, 0.717) is 18.0 Å². The molecule has 132 valence electrons. The molecular formula is C18H17ClF2N2O2. The van der Waals surface area contributed by atoms with Crippen LogP contribution in [0.2, 0.25) is 5.02 Å². The highest BCUT2D eigenvalue weighted by Gasteiger charge is 2.17. The van der Waals surface area contributed by atoms with Gasteiger partial charge in [0.05, 0.1) is 0 Å². The molecule has 0 spiro atoms. The topological polar surface area (TPSA) is 49.4 Å². The van der Waals surface area contributed by atoms with E-state index >= 15 is 0 Å². The van der Waals surface area contributed by atoms with E-state index in [9.17, 15) is 18.4 Å². The van der Waals surface area contributed by atoms with Crippen LogP contribution >= 0.6 is 11.6 Å². The molecule has 1 N–H and O–H groups in total. The van der Waals surface area contributed by atoms with Crippen molar-refractivity contribution in [1.82, 2.24) is 5.32 Å². The van der Waals surface area contributed by atoms with Gasteiger partial charge in [-0.3, -0.25) is 9.59 Å². The molecule has 2 rings (SSSR count). The standard InChI is InChI=1S/C18H17ClF2N2O2/c1-12(24)23(15-6-7-16(20)17(21)10-15)11-18(25)22-9-8-13-2-4-14(19)5-3-13/h2-7,10H,8-9,11H2,1H3,(H,22,25). The minimum absolute atomic E-state index is 0.124. The quantitative estimate of drug-likeness (QED) is 0.852. The van der Waals surface area contributed by atoms with Crippen molar-refractivity contribution < 1.29 is 18.4 Å². The highest BCUT2D eigenvalue weighted by molar-refractivity contribution is 6.30. The smallest absolute Gasteiger partial charge is 0.240 e. The number of anilines is 1. The Morgan fingerprint density at radius 1 is 1.08 bits per heavy atom. The van der Waals surface area contributed by atoms with Gasteiger partial charge in [0.2, 0.25) is 11.8 Å². The fraction of sp³-hybridized carbons (Fsp3) is 0.222. The van der Waals surface area contributed by atoms with Gasteiger partial charge in [-0.15, -0.1) is 0 Å². The van der Waals surface area contributed by atoms with Crippen LogP contribution in [0.15, 0.2) is 42.5 Å². The van der Waals surface area contributed by atoms with Gasteiger partial charge in [-0.05, 0) is 36.2 Å². The van der Waals surface area contributed by atoms with Crippen LogP contribution in [0.3, 0.4) is 0 Å². The predicted octanol–water partition coefficient (Wildman–Crippen LogP) is 3.33. The van der Waals surface area contributed by atoms with Gasteiger partial charge in [0.15, 0.2) is 11.6 Å². The second kappa shape index (κ2) is 8.58. The molecule has 2 amide bonds. The van der Waals surface area contributed by atoms with Gasteiger partial charge in [-0.1, -0.05) is 23.7 Å². The second-order valence-corrected chi connectivity index (χ2v) is 5.87. The van der Waals surface area contributed by atoms with E-state index in [1.165, 1.54) is 13.0 Å². The molecule has 0 bridgehead atoms. The molecule has 0 fully saturated rings. The highest BCUT2D eigenvalue weighted by Crippen LogP contribution is 2.18. The van der Waals surface area contributed by atoms with Crippen LogP contribution in [0.4, 0.5) is 14.5 Å². The van der Waals surface area contributed by atoms with E-state index in [2.05, 4.69) is 5.32 Å². The van der Waals surface area contributed by atoms with Crippen molar-refractivity contribution in [2.75, 3.05) is 18.0 Å². The van der Waals surface area contributed by atoms with Crippen LogP contribution in [0.1, 0.15) is 12.5 Å². The first-order valence-corrected chi connectivity index (χ1v) is 7.99. The number of carbonyl (C=O) groups is 2. The van der Waals surface area contributed by atoms with E-state index in [-0.39, 0.29) is 12.2 Å². The third-order valence-corrected chi connectivity index (χ3v) is 3.80. The molecule has 0 aliphatic rings. The number of nitrogens with zero attached hydrogens (tertiary/aromatic N) is 1. The first kappa shape index (κ1) is 18.9. The van der Waals surface area contributed by atoms with Crippen LogP contribution in [0.25, 0.3) is 0 Å². The van der Waals surface area contributed by atoms with Crippen molar-refractivity contribution in [3.05, 3.63) is 64.7 Å². The van der Waals surface area contributed by atoms with Gasteiger partial charge in [0, 0.05) is 30.2 Å². The van der Waals surface area contributed by atoms with Crippen molar-refractivity contribution in [1.29, 1.82) is 0 Å². The summed E-state index contributed by atoms with van der Waals surface area (Å²) in [6, 6.07) is 10.3. The third kappa shape index (κ3) is 5.53. The summed E-state index contributed by atoms with van der Waals surface area (Å²) in [5.41, 5.74) is 1.13. The molecule has 0 aromatic heterocycles. The number of hydrogen-bond acceptors (Lipinski definition) is 2. The molecule has 2 aromatic rings. The van der Waals surface area contributed by atoms with Gasteiger partial charge in [0.25, 0.3) is 0 Å². The molecular weight excluding hydrogens is 350 g/mol. The Kier molecular flexibility index (Phi) is 6.47. The average Bonchev–Trinajstić information content (AvgIpc) is 2.57. The molecule has 0 heterocycles. The summed E-state index contributed by atoms with van der Waals surface area (Å²) in [4.78, 5) is 24.8. The zero-order valence-corrected chi connectivity index (χ0v) is 14.3. The Bertz CT molecular complexity index is 766. The first-order chi connectivity index (χ1) is 11.9. The SMILES string of the molecule is CC(=O)N(CC(=O)NCCc1ccc(Cl)cc1)c1ccc(F)c(F)c1. The summed E-state index contributed by atoms with van der Waals surface area (Å²) in [5.74, 6) is -2.93. The van der Waals surface area contributed by atoms with Gasteiger partial charge in [-0.25, -0.2) is 8.78 Å². The monoisotopic (exact) mass is 366 g/mol. The molecule has 7 heteroatoms. The van der Waals surface area contributed by atoms with E-state index in [4.69, 9.17) is 11.6 Å². The Morgan fingerprint density at radius 2 is 1.76 bits per heavy atom. The minimum atomic E-state index is -1.08. The fourth-order valence-corrected chi connectivity index (χ4v) is 2.36.